The van der Waals surface area contributed by atoms with Crippen molar-refractivity contribution in [3.63, 3.8) is 0 Å². The Morgan fingerprint density at radius 3 is 2.42 bits per heavy atom. The van der Waals surface area contributed by atoms with Gasteiger partial charge in [0.25, 0.3) is 5.91 Å². The highest BCUT2D eigenvalue weighted by atomic mass is 35.5. The number of hydrogen-bond acceptors (Lipinski definition) is 4. The van der Waals surface area contributed by atoms with Crippen LogP contribution in [0.25, 0.3) is 10.9 Å². The van der Waals surface area contributed by atoms with Gasteiger partial charge in [-0.1, -0.05) is 37.1 Å². The zero-order chi connectivity index (χ0) is 27.2. The molecule has 0 saturated heterocycles. The first-order chi connectivity index (χ1) is 18.3. The van der Waals surface area contributed by atoms with Gasteiger partial charge in [0.2, 0.25) is 0 Å². The maximum atomic E-state index is 13.3. The van der Waals surface area contributed by atoms with Crippen LogP contribution in [-0.2, 0) is 9.59 Å². The van der Waals surface area contributed by atoms with Gasteiger partial charge < -0.3 is 15.4 Å². The number of unbranched alkanes of at least 4 members (excludes halogenated alkanes) is 1. The summed E-state index contributed by atoms with van der Waals surface area (Å²) in [6.07, 6.45) is 1.98. The molecule has 0 atom stereocenters. The lowest BCUT2D eigenvalue weighted by Crippen LogP contribution is -2.36. The number of hydrogen-bond donors (Lipinski definition) is 3. The van der Waals surface area contributed by atoms with Crippen LogP contribution in [0.1, 0.15) is 41.4 Å². The van der Waals surface area contributed by atoms with E-state index in [4.69, 9.17) is 16.3 Å². The molecule has 3 N–H and O–H groups in total. The molecule has 0 aliphatic heterocycles. The predicted molar refractivity (Wildman–Crippen MR) is 151 cm³/mol. The zero-order valence-corrected chi connectivity index (χ0v) is 22.2. The van der Waals surface area contributed by atoms with Gasteiger partial charge in [0.15, 0.2) is 0 Å². The van der Waals surface area contributed by atoms with Crippen molar-refractivity contribution < 1.29 is 19.1 Å². The van der Waals surface area contributed by atoms with E-state index < -0.39 is 17.7 Å². The maximum absolute atomic E-state index is 13.3. The van der Waals surface area contributed by atoms with E-state index in [1.54, 1.807) is 54.6 Å². The molecular formula is C29H29ClN4O4. The van der Waals surface area contributed by atoms with Crippen molar-refractivity contribution >= 4 is 51.6 Å². The third kappa shape index (κ3) is 6.15. The number of aromatic nitrogens is 1. The van der Waals surface area contributed by atoms with Gasteiger partial charge in [-0.2, -0.15) is 0 Å². The predicted octanol–water partition coefficient (Wildman–Crippen LogP) is 6.05. The molecule has 0 fully saturated rings. The Morgan fingerprint density at radius 2 is 1.68 bits per heavy atom. The van der Waals surface area contributed by atoms with Gasteiger partial charge in [-0.3, -0.25) is 19.8 Å². The maximum Gasteiger partial charge on any atom is 0.328 e. The van der Waals surface area contributed by atoms with E-state index in [1.165, 1.54) is 4.68 Å². The lowest BCUT2D eigenvalue weighted by Gasteiger charge is -2.14. The summed E-state index contributed by atoms with van der Waals surface area (Å²) < 4.78 is 6.91. The van der Waals surface area contributed by atoms with Crippen LogP contribution in [-0.4, -0.2) is 29.0 Å². The van der Waals surface area contributed by atoms with Crippen LogP contribution in [0.5, 0.6) is 5.75 Å². The molecule has 4 aromatic rings. The standard InChI is InChI=1S/C29H29ClN4O4/c1-4-5-15-38-23-12-10-22(11-13-23)31-28(36)29(37)33-34-25-14-9-21(30)16-20(25)17-26(34)27(35)32-24-8-6-7-18(2)19(24)3/h6-14,16-17H,4-5,15H2,1-3H3,(H,31,36)(H,32,35)(H,33,37). The second-order valence-electron chi connectivity index (χ2n) is 8.89. The fourth-order valence-corrected chi connectivity index (χ4v) is 4.04. The highest BCUT2D eigenvalue weighted by Crippen LogP contribution is 2.25. The number of nitrogens with zero attached hydrogens (tertiary/aromatic N) is 1. The van der Waals surface area contributed by atoms with Gasteiger partial charge >= 0.3 is 11.8 Å². The van der Waals surface area contributed by atoms with Crippen molar-refractivity contribution in [2.45, 2.75) is 33.6 Å². The average molecular weight is 533 g/mol. The molecular weight excluding hydrogens is 504 g/mol. The monoisotopic (exact) mass is 532 g/mol. The fraction of sp³-hybridized carbons (Fsp3) is 0.207. The van der Waals surface area contributed by atoms with Gasteiger partial charge in [-0.15, -0.1) is 0 Å². The zero-order valence-electron chi connectivity index (χ0n) is 21.4. The quantitative estimate of drug-likeness (QED) is 0.190. The molecule has 38 heavy (non-hydrogen) atoms. The van der Waals surface area contributed by atoms with E-state index in [0.29, 0.717) is 39.7 Å². The van der Waals surface area contributed by atoms with Gasteiger partial charge in [0.05, 0.1) is 12.1 Å². The van der Waals surface area contributed by atoms with Crippen LogP contribution < -0.4 is 20.8 Å². The Labute approximate surface area is 225 Å². The highest BCUT2D eigenvalue weighted by Gasteiger charge is 2.22. The number of fused-ring (bicyclic) bond motifs is 1. The molecule has 0 bridgehead atoms. The topological polar surface area (TPSA) is 101 Å². The summed E-state index contributed by atoms with van der Waals surface area (Å²) >= 11 is 6.15. The third-order valence-electron chi connectivity index (χ3n) is 6.15. The van der Waals surface area contributed by atoms with Crippen LogP contribution in [0.3, 0.4) is 0 Å². The number of ether oxygens (including phenoxy) is 1. The Bertz CT molecular complexity index is 1490. The van der Waals surface area contributed by atoms with Crippen LogP contribution in [0, 0.1) is 13.8 Å². The average Bonchev–Trinajstić information content (AvgIpc) is 3.25. The summed E-state index contributed by atoms with van der Waals surface area (Å²) in [7, 11) is 0. The summed E-state index contributed by atoms with van der Waals surface area (Å²) in [5, 5.41) is 6.56. The summed E-state index contributed by atoms with van der Waals surface area (Å²) in [5.41, 5.74) is 6.24. The van der Waals surface area contributed by atoms with Crippen molar-refractivity contribution in [2.75, 3.05) is 22.7 Å². The van der Waals surface area contributed by atoms with Gasteiger partial charge in [-0.25, -0.2) is 4.68 Å². The Kier molecular flexibility index (Phi) is 8.33. The molecule has 0 radical (unpaired) electrons. The van der Waals surface area contributed by atoms with E-state index in [2.05, 4.69) is 23.0 Å². The minimum atomic E-state index is -0.943. The molecule has 8 nitrogen and oxygen atoms in total. The van der Waals surface area contributed by atoms with E-state index in [9.17, 15) is 14.4 Å². The van der Waals surface area contributed by atoms with Gasteiger partial charge in [0.1, 0.15) is 11.4 Å². The lowest BCUT2D eigenvalue weighted by atomic mass is 10.1. The molecule has 0 aliphatic rings. The molecule has 1 aromatic heterocycles. The number of benzene rings is 3. The molecule has 0 saturated carbocycles. The largest absolute Gasteiger partial charge is 0.494 e. The normalized spacial score (nSPS) is 10.7. The third-order valence-corrected chi connectivity index (χ3v) is 6.38. The van der Waals surface area contributed by atoms with E-state index >= 15 is 0 Å². The number of rotatable bonds is 8. The highest BCUT2D eigenvalue weighted by molar-refractivity contribution is 6.42. The van der Waals surface area contributed by atoms with Gasteiger partial charge in [-0.05, 0) is 86.0 Å². The van der Waals surface area contributed by atoms with Crippen LogP contribution in [0.2, 0.25) is 5.02 Å². The smallest absolute Gasteiger partial charge is 0.328 e. The van der Waals surface area contributed by atoms with Crippen LogP contribution in [0.15, 0.2) is 66.7 Å². The number of halogens is 1. The van der Waals surface area contributed by atoms with Crippen molar-refractivity contribution in [1.82, 2.24) is 4.68 Å². The van der Waals surface area contributed by atoms with E-state index in [1.807, 2.05) is 26.0 Å². The van der Waals surface area contributed by atoms with Crippen molar-refractivity contribution in [1.29, 1.82) is 0 Å². The molecule has 1 heterocycles. The van der Waals surface area contributed by atoms with Crippen LogP contribution >= 0.6 is 11.6 Å². The molecule has 0 unspecified atom stereocenters. The summed E-state index contributed by atoms with van der Waals surface area (Å²) in [4.78, 5) is 38.9. The Balaban J connectivity index is 1.53. The summed E-state index contributed by atoms with van der Waals surface area (Å²) in [6, 6.07) is 19.0. The fourth-order valence-electron chi connectivity index (χ4n) is 3.86. The number of aryl methyl sites for hydroxylation is 1. The van der Waals surface area contributed by atoms with Gasteiger partial charge in [0, 0.05) is 21.8 Å². The van der Waals surface area contributed by atoms with E-state index in [0.717, 1.165) is 24.0 Å². The number of amides is 3. The first-order valence-electron chi connectivity index (χ1n) is 12.3. The molecule has 3 aromatic carbocycles. The number of anilines is 2. The Morgan fingerprint density at radius 1 is 0.921 bits per heavy atom. The molecule has 3 amide bonds. The molecule has 0 spiro atoms. The summed E-state index contributed by atoms with van der Waals surface area (Å²) in [6.45, 7) is 6.56. The van der Waals surface area contributed by atoms with Crippen molar-refractivity contribution in [3.05, 3.63) is 88.6 Å². The van der Waals surface area contributed by atoms with Crippen molar-refractivity contribution in [3.8, 4) is 5.75 Å². The number of nitrogens with one attached hydrogen (secondary N) is 3. The molecule has 9 heteroatoms. The minimum Gasteiger partial charge on any atom is -0.494 e. The lowest BCUT2D eigenvalue weighted by molar-refractivity contribution is -0.133. The molecule has 196 valence electrons. The Hall–Kier alpha value is -4.30. The molecule has 0 aliphatic carbocycles. The summed E-state index contributed by atoms with van der Waals surface area (Å²) in [5.74, 6) is -1.61. The number of carbonyl (C=O) groups is 3. The van der Waals surface area contributed by atoms with Crippen LogP contribution in [0.4, 0.5) is 11.4 Å². The first kappa shape index (κ1) is 26.8. The minimum absolute atomic E-state index is 0.137. The second kappa shape index (κ2) is 11.8. The second-order valence-corrected chi connectivity index (χ2v) is 9.33. The van der Waals surface area contributed by atoms with Crippen molar-refractivity contribution in [2.24, 2.45) is 0 Å². The molecule has 4 rings (SSSR count). The number of carbonyl (C=O) groups excluding carboxylic acids is 3. The SMILES string of the molecule is CCCCOc1ccc(NC(=O)C(=O)Nn2c(C(=O)Nc3cccc(C)c3C)cc3cc(Cl)ccc32)cc1. The first-order valence-corrected chi connectivity index (χ1v) is 12.7. The van der Waals surface area contributed by atoms with E-state index in [-0.39, 0.29) is 5.69 Å².